The molecule has 0 radical (unpaired) electrons. The minimum absolute atomic E-state index is 0.133. The lowest BCUT2D eigenvalue weighted by atomic mass is 10.1. The van der Waals surface area contributed by atoms with Crippen LogP contribution in [-0.4, -0.2) is 20.6 Å². The maximum absolute atomic E-state index is 12.2. The summed E-state index contributed by atoms with van der Waals surface area (Å²) in [5.74, 6) is 1.04. The smallest absolute Gasteiger partial charge is 0.259 e. The number of nitrogens with zero attached hydrogens (tertiary/aromatic N) is 3. The lowest BCUT2D eigenvalue weighted by molar-refractivity contribution is -0.121. The summed E-state index contributed by atoms with van der Waals surface area (Å²) in [6.45, 7) is 2.12. The Hall–Kier alpha value is -3.94. The highest BCUT2D eigenvalue weighted by Gasteiger charge is 2.13. The molecule has 1 amide bonds. The molecule has 8 heteroatoms. The third-order valence-electron chi connectivity index (χ3n) is 4.32. The first-order valence-corrected chi connectivity index (χ1v) is 8.99. The number of aromatic nitrogens is 3. The van der Waals surface area contributed by atoms with Crippen molar-refractivity contribution in [2.75, 3.05) is 0 Å². The molecule has 146 valence electrons. The Bertz CT molecular complexity index is 1170. The first-order chi connectivity index (χ1) is 14.1. The molecule has 1 N–H and O–H groups in total. The number of carbonyl (C=O) groups excluding carboxylic acids is 1. The molecule has 4 aromatic rings. The molecule has 4 rings (SSSR count). The average molecular weight is 390 g/mol. The highest BCUT2D eigenvalue weighted by Crippen LogP contribution is 2.21. The Morgan fingerprint density at radius 2 is 1.90 bits per heavy atom. The van der Waals surface area contributed by atoms with Crippen LogP contribution >= 0.6 is 0 Å². The SMILES string of the molecule is Cc1ccc(-c2noc(-c3ccc(=O)n(CC(=O)NCc4ccco4)c3)n2)cc1. The van der Waals surface area contributed by atoms with E-state index in [0.29, 0.717) is 17.1 Å². The van der Waals surface area contributed by atoms with Gasteiger partial charge >= 0.3 is 0 Å². The van der Waals surface area contributed by atoms with E-state index in [-0.39, 0.29) is 30.4 Å². The van der Waals surface area contributed by atoms with E-state index in [0.717, 1.165) is 11.1 Å². The summed E-state index contributed by atoms with van der Waals surface area (Å²) in [6, 6.07) is 14.2. The van der Waals surface area contributed by atoms with Crippen LogP contribution in [0.2, 0.25) is 0 Å². The molecule has 0 saturated heterocycles. The fourth-order valence-corrected chi connectivity index (χ4v) is 2.75. The first kappa shape index (κ1) is 18.4. The number of carbonyl (C=O) groups is 1. The number of hydrogen-bond acceptors (Lipinski definition) is 6. The molecule has 3 aromatic heterocycles. The van der Waals surface area contributed by atoms with Gasteiger partial charge in [-0.15, -0.1) is 0 Å². The Kier molecular flexibility index (Phi) is 5.07. The van der Waals surface area contributed by atoms with E-state index in [1.807, 2.05) is 31.2 Å². The molecule has 0 saturated carbocycles. The van der Waals surface area contributed by atoms with Gasteiger partial charge in [-0.2, -0.15) is 4.98 Å². The molecule has 29 heavy (non-hydrogen) atoms. The molecule has 1 aromatic carbocycles. The predicted molar refractivity (Wildman–Crippen MR) is 105 cm³/mol. The third-order valence-corrected chi connectivity index (χ3v) is 4.32. The van der Waals surface area contributed by atoms with Gasteiger partial charge in [-0.3, -0.25) is 9.59 Å². The summed E-state index contributed by atoms with van der Waals surface area (Å²) in [6.07, 6.45) is 3.06. The number of pyridine rings is 1. The number of nitrogens with one attached hydrogen (secondary N) is 1. The zero-order valence-corrected chi connectivity index (χ0v) is 15.7. The van der Waals surface area contributed by atoms with Crippen LogP contribution < -0.4 is 10.9 Å². The normalized spacial score (nSPS) is 10.8. The molecule has 3 heterocycles. The van der Waals surface area contributed by atoms with E-state index >= 15 is 0 Å². The van der Waals surface area contributed by atoms with Crippen molar-refractivity contribution in [3.63, 3.8) is 0 Å². The maximum Gasteiger partial charge on any atom is 0.259 e. The van der Waals surface area contributed by atoms with Crippen molar-refractivity contribution in [1.82, 2.24) is 20.0 Å². The Labute approximate surface area is 165 Å². The van der Waals surface area contributed by atoms with Gasteiger partial charge in [0.25, 0.3) is 11.4 Å². The van der Waals surface area contributed by atoms with E-state index in [2.05, 4.69) is 15.5 Å². The second kappa shape index (κ2) is 7.97. The first-order valence-electron chi connectivity index (χ1n) is 8.99. The van der Waals surface area contributed by atoms with E-state index in [1.54, 1.807) is 18.2 Å². The molecule has 0 unspecified atom stereocenters. The number of rotatable bonds is 6. The van der Waals surface area contributed by atoms with Crippen LogP contribution in [0, 0.1) is 6.92 Å². The molecule has 0 bridgehead atoms. The Morgan fingerprint density at radius 3 is 2.66 bits per heavy atom. The standard InChI is InChI=1S/C21H18N4O4/c1-14-4-6-15(7-5-14)20-23-21(29-24-20)16-8-9-19(27)25(12-16)13-18(26)22-11-17-3-2-10-28-17/h2-10,12H,11,13H2,1H3,(H,22,26). The van der Waals surface area contributed by atoms with Gasteiger partial charge in [-0.25, -0.2) is 0 Å². The molecular weight excluding hydrogens is 372 g/mol. The van der Waals surface area contributed by atoms with Gasteiger partial charge in [0.05, 0.1) is 18.4 Å². The van der Waals surface area contributed by atoms with Crippen molar-refractivity contribution in [1.29, 1.82) is 0 Å². The lowest BCUT2D eigenvalue weighted by Crippen LogP contribution is -2.31. The third kappa shape index (κ3) is 4.32. The molecule has 0 aliphatic carbocycles. The van der Waals surface area contributed by atoms with Crippen molar-refractivity contribution >= 4 is 5.91 Å². The number of amides is 1. The second-order valence-corrected chi connectivity index (χ2v) is 6.53. The van der Waals surface area contributed by atoms with Gasteiger partial charge in [0.15, 0.2) is 0 Å². The van der Waals surface area contributed by atoms with Gasteiger partial charge in [0, 0.05) is 17.8 Å². The van der Waals surface area contributed by atoms with Crippen LogP contribution in [0.5, 0.6) is 0 Å². The van der Waals surface area contributed by atoms with Crippen LogP contribution in [0.4, 0.5) is 0 Å². The van der Waals surface area contributed by atoms with Crippen LogP contribution in [0.15, 0.2) is 74.7 Å². The summed E-state index contributed by atoms with van der Waals surface area (Å²) in [5.41, 5.74) is 2.21. The molecule has 0 spiro atoms. The number of hydrogen-bond donors (Lipinski definition) is 1. The van der Waals surface area contributed by atoms with Gasteiger partial charge in [0.1, 0.15) is 12.3 Å². The zero-order valence-electron chi connectivity index (χ0n) is 15.7. The summed E-state index contributed by atoms with van der Waals surface area (Å²) in [5, 5.41) is 6.71. The maximum atomic E-state index is 12.2. The molecule has 0 aliphatic heterocycles. The molecule has 0 atom stereocenters. The molecule has 0 aliphatic rings. The summed E-state index contributed by atoms with van der Waals surface area (Å²) in [4.78, 5) is 28.7. The van der Waals surface area contributed by atoms with Crippen LogP contribution in [0.1, 0.15) is 11.3 Å². The zero-order chi connectivity index (χ0) is 20.2. The van der Waals surface area contributed by atoms with E-state index in [9.17, 15) is 9.59 Å². The number of benzene rings is 1. The van der Waals surface area contributed by atoms with Crippen molar-refractivity contribution < 1.29 is 13.7 Å². The number of aryl methyl sites for hydroxylation is 1. The predicted octanol–water partition coefficient (Wildman–Crippen LogP) is 2.78. The topological polar surface area (TPSA) is 103 Å². The van der Waals surface area contributed by atoms with Gasteiger partial charge in [-0.05, 0) is 25.1 Å². The van der Waals surface area contributed by atoms with Gasteiger partial charge < -0.3 is 18.8 Å². The largest absolute Gasteiger partial charge is 0.467 e. The lowest BCUT2D eigenvalue weighted by Gasteiger charge is -2.07. The average Bonchev–Trinajstić information content (AvgIpc) is 3.41. The quantitative estimate of drug-likeness (QED) is 0.543. The second-order valence-electron chi connectivity index (χ2n) is 6.53. The van der Waals surface area contributed by atoms with Crippen molar-refractivity contribution in [3.05, 3.63) is 82.7 Å². The number of furan rings is 1. The van der Waals surface area contributed by atoms with Crippen LogP contribution in [0.25, 0.3) is 22.8 Å². The minimum atomic E-state index is -0.313. The fourth-order valence-electron chi connectivity index (χ4n) is 2.75. The van der Waals surface area contributed by atoms with E-state index < -0.39 is 0 Å². The highest BCUT2D eigenvalue weighted by molar-refractivity contribution is 5.75. The molecule has 8 nitrogen and oxygen atoms in total. The monoisotopic (exact) mass is 390 g/mol. The van der Waals surface area contributed by atoms with Crippen LogP contribution in [-0.2, 0) is 17.9 Å². The van der Waals surface area contributed by atoms with Gasteiger partial charge in [0.2, 0.25) is 11.7 Å². The molecular formula is C21H18N4O4. The Morgan fingerprint density at radius 1 is 1.10 bits per heavy atom. The fraction of sp³-hybridized carbons (Fsp3) is 0.143. The summed E-state index contributed by atoms with van der Waals surface area (Å²) < 4.78 is 11.8. The Balaban J connectivity index is 1.50. The highest BCUT2D eigenvalue weighted by atomic mass is 16.5. The van der Waals surface area contributed by atoms with Crippen LogP contribution in [0.3, 0.4) is 0 Å². The van der Waals surface area contributed by atoms with Crippen molar-refractivity contribution in [2.24, 2.45) is 0 Å². The van der Waals surface area contributed by atoms with E-state index in [1.165, 1.54) is 23.1 Å². The van der Waals surface area contributed by atoms with Gasteiger partial charge in [-0.1, -0.05) is 35.0 Å². The molecule has 0 fully saturated rings. The summed E-state index contributed by atoms with van der Waals surface area (Å²) >= 11 is 0. The van der Waals surface area contributed by atoms with E-state index in [4.69, 9.17) is 8.94 Å². The summed E-state index contributed by atoms with van der Waals surface area (Å²) in [7, 11) is 0. The van der Waals surface area contributed by atoms with Crippen molar-refractivity contribution in [3.8, 4) is 22.8 Å². The minimum Gasteiger partial charge on any atom is -0.467 e. The van der Waals surface area contributed by atoms with Crippen molar-refractivity contribution in [2.45, 2.75) is 20.0 Å².